The molecule has 2 N–H and O–H groups in total. The zero-order valence-electron chi connectivity index (χ0n) is 14.6. The van der Waals surface area contributed by atoms with Crippen LogP contribution in [0.5, 0.6) is 0 Å². The van der Waals surface area contributed by atoms with E-state index in [1.54, 1.807) is 42.5 Å². The number of hydrogen-bond donors (Lipinski definition) is 2. The maximum atomic E-state index is 12.8. The zero-order valence-corrected chi connectivity index (χ0v) is 16.2. The number of rotatable bonds is 5. The fraction of sp³-hybridized carbons (Fsp3) is 0.222. The minimum atomic E-state index is -3.75. The van der Waals surface area contributed by atoms with E-state index >= 15 is 0 Å². The van der Waals surface area contributed by atoms with Crippen LogP contribution in [-0.4, -0.2) is 49.3 Å². The Labute approximate surface area is 162 Å². The van der Waals surface area contributed by atoms with Gasteiger partial charge in [-0.05, 0) is 36.4 Å². The smallest absolute Gasteiger partial charge is 0.251 e. The fourth-order valence-electron chi connectivity index (χ4n) is 2.67. The van der Waals surface area contributed by atoms with Crippen molar-refractivity contribution in [1.82, 2.24) is 9.62 Å². The van der Waals surface area contributed by atoms with Crippen molar-refractivity contribution in [3.8, 4) is 0 Å². The monoisotopic (exact) mass is 405 g/mol. The van der Waals surface area contributed by atoms with E-state index in [4.69, 9.17) is 0 Å². The van der Waals surface area contributed by atoms with Crippen molar-refractivity contribution in [2.45, 2.75) is 10.9 Å². The third-order valence-corrected chi connectivity index (χ3v) is 7.18. The van der Waals surface area contributed by atoms with Crippen molar-refractivity contribution >= 4 is 39.3 Å². The number of sulfonamides is 1. The van der Waals surface area contributed by atoms with Crippen LogP contribution >= 0.6 is 11.8 Å². The first-order valence-electron chi connectivity index (χ1n) is 8.21. The van der Waals surface area contributed by atoms with Crippen LogP contribution in [0, 0.1) is 0 Å². The molecule has 7 nitrogen and oxygen atoms in total. The SMILES string of the molecule is CNC(=O)c1ccc(NC(=O)[C@H]2CSCN2S(=O)(=O)c2ccccc2)cc1. The lowest BCUT2D eigenvalue weighted by Gasteiger charge is -2.22. The highest BCUT2D eigenvalue weighted by molar-refractivity contribution is 8.00. The van der Waals surface area contributed by atoms with Gasteiger partial charge in [-0.3, -0.25) is 9.59 Å². The highest BCUT2D eigenvalue weighted by Crippen LogP contribution is 2.29. The van der Waals surface area contributed by atoms with Crippen molar-refractivity contribution in [3.05, 3.63) is 60.2 Å². The average molecular weight is 406 g/mol. The summed E-state index contributed by atoms with van der Waals surface area (Å²) in [6.45, 7) is 0. The second-order valence-corrected chi connectivity index (χ2v) is 8.76. The first-order valence-corrected chi connectivity index (χ1v) is 10.8. The molecular formula is C18H19N3O4S2. The van der Waals surface area contributed by atoms with Gasteiger partial charge in [0, 0.05) is 24.1 Å². The van der Waals surface area contributed by atoms with Crippen molar-refractivity contribution in [3.63, 3.8) is 0 Å². The second-order valence-electron chi connectivity index (χ2n) is 5.87. The molecule has 1 saturated heterocycles. The second kappa shape index (κ2) is 8.12. The Balaban J connectivity index is 1.75. The minimum Gasteiger partial charge on any atom is -0.355 e. The molecule has 0 aromatic heterocycles. The van der Waals surface area contributed by atoms with Gasteiger partial charge in [-0.25, -0.2) is 8.42 Å². The number of benzene rings is 2. The topological polar surface area (TPSA) is 95.6 Å². The van der Waals surface area contributed by atoms with E-state index < -0.39 is 22.0 Å². The summed E-state index contributed by atoms with van der Waals surface area (Å²) < 4.78 is 26.9. The normalized spacial score (nSPS) is 17.4. The van der Waals surface area contributed by atoms with Gasteiger partial charge in [0.2, 0.25) is 15.9 Å². The Hall–Kier alpha value is -2.36. The Morgan fingerprint density at radius 2 is 1.74 bits per heavy atom. The van der Waals surface area contributed by atoms with Gasteiger partial charge in [0.15, 0.2) is 0 Å². The molecule has 1 aliphatic rings. The van der Waals surface area contributed by atoms with Gasteiger partial charge in [0.25, 0.3) is 5.91 Å². The van der Waals surface area contributed by atoms with Crippen LogP contribution in [-0.2, 0) is 14.8 Å². The summed E-state index contributed by atoms with van der Waals surface area (Å²) >= 11 is 1.39. The summed E-state index contributed by atoms with van der Waals surface area (Å²) in [4.78, 5) is 24.4. The summed E-state index contributed by atoms with van der Waals surface area (Å²) in [5.74, 6) is -0.00789. The number of carbonyl (C=O) groups excluding carboxylic acids is 2. The van der Waals surface area contributed by atoms with Crippen LogP contribution < -0.4 is 10.6 Å². The third-order valence-electron chi connectivity index (χ3n) is 4.14. The van der Waals surface area contributed by atoms with E-state index in [9.17, 15) is 18.0 Å². The molecule has 1 atom stereocenters. The Morgan fingerprint density at radius 3 is 2.37 bits per heavy atom. The Kier molecular flexibility index (Phi) is 5.83. The third kappa shape index (κ3) is 4.15. The molecule has 142 valence electrons. The summed E-state index contributed by atoms with van der Waals surface area (Å²) in [5.41, 5.74) is 0.974. The van der Waals surface area contributed by atoms with Crippen LogP contribution in [0.2, 0.25) is 0 Å². The lowest BCUT2D eigenvalue weighted by molar-refractivity contribution is -0.118. The molecule has 0 saturated carbocycles. The predicted octanol–water partition coefficient (Wildman–Crippen LogP) is 1.75. The van der Waals surface area contributed by atoms with E-state index in [2.05, 4.69) is 10.6 Å². The van der Waals surface area contributed by atoms with Crippen LogP contribution in [0.25, 0.3) is 0 Å². The average Bonchev–Trinajstić information content (AvgIpc) is 3.19. The molecular weight excluding hydrogens is 386 g/mol. The predicted molar refractivity (Wildman–Crippen MR) is 105 cm³/mol. The molecule has 0 radical (unpaired) electrons. The highest BCUT2D eigenvalue weighted by atomic mass is 32.2. The number of nitrogens with one attached hydrogen (secondary N) is 2. The summed E-state index contributed by atoms with van der Waals surface area (Å²) in [5, 5.41) is 5.25. The first-order chi connectivity index (χ1) is 12.9. The van der Waals surface area contributed by atoms with Gasteiger partial charge < -0.3 is 10.6 Å². The molecule has 2 aromatic carbocycles. The van der Waals surface area contributed by atoms with Crippen molar-refractivity contribution in [2.24, 2.45) is 0 Å². The minimum absolute atomic E-state index is 0.167. The first kappa shape index (κ1) is 19.4. The molecule has 1 heterocycles. The maximum absolute atomic E-state index is 12.8. The quantitative estimate of drug-likeness (QED) is 0.790. The number of anilines is 1. The van der Waals surface area contributed by atoms with Crippen LogP contribution in [0.3, 0.4) is 0 Å². The number of hydrogen-bond acceptors (Lipinski definition) is 5. The van der Waals surface area contributed by atoms with Crippen LogP contribution in [0.4, 0.5) is 5.69 Å². The van der Waals surface area contributed by atoms with Gasteiger partial charge >= 0.3 is 0 Å². The highest BCUT2D eigenvalue weighted by Gasteiger charge is 2.39. The molecule has 1 fully saturated rings. The maximum Gasteiger partial charge on any atom is 0.251 e. The van der Waals surface area contributed by atoms with Gasteiger partial charge in [0.05, 0.1) is 10.8 Å². The molecule has 1 aliphatic heterocycles. The van der Waals surface area contributed by atoms with E-state index in [1.165, 1.54) is 35.2 Å². The van der Waals surface area contributed by atoms with Crippen molar-refractivity contribution in [1.29, 1.82) is 0 Å². The lowest BCUT2D eigenvalue weighted by Crippen LogP contribution is -2.44. The molecule has 0 unspecified atom stereocenters. The van der Waals surface area contributed by atoms with Crippen molar-refractivity contribution in [2.75, 3.05) is 24.0 Å². The zero-order chi connectivity index (χ0) is 19.4. The van der Waals surface area contributed by atoms with Gasteiger partial charge in [-0.15, -0.1) is 11.8 Å². The van der Waals surface area contributed by atoms with E-state index in [1.807, 2.05) is 0 Å². The lowest BCUT2D eigenvalue weighted by atomic mass is 10.2. The number of thioether (sulfide) groups is 1. The Morgan fingerprint density at radius 1 is 1.07 bits per heavy atom. The number of nitrogens with zero attached hydrogens (tertiary/aromatic N) is 1. The van der Waals surface area contributed by atoms with Gasteiger partial charge in [0.1, 0.15) is 6.04 Å². The standard InChI is InChI=1S/C18H19N3O4S2/c1-19-17(22)13-7-9-14(10-8-13)20-18(23)16-11-26-12-21(16)27(24,25)15-5-3-2-4-6-15/h2-10,16H,11-12H2,1H3,(H,19,22)(H,20,23)/t16-/m1/s1. The summed E-state index contributed by atoms with van der Waals surface area (Å²) in [6, 6.07) is 13.7. The molecule has 0 bridgehead atoms. The fourth-order valence-corrected chi connectivity index (χ4v) is 5.84. The molecule has 0 spiro atoms. The van der Waals surface area contributed by atoms with Crippen LogP contribution in [0.15, 0.2) is 59.5 Å². The number of amides is 2. The number of carbonyl (C=O) groups is 2. The molecule has 3 rings (SSSR count). The molecule has 2 amide bonds. The summed E-state index contributed by atoms with van der Waals surface area (Å²) in [6.07, 6.45) is 0. The summed E-state index contributed by atoms with van der Waals surface area (Å²) in [7, 11) is -2.21. The molecule has 0 aliphatic carbocycles. The van der Waals surface area contributed by atoms with Gasteiger partial charge in [-0.1, -0.05) is 18.2 Å². The van der Waals surface area contributed by atoms with Crippen LogP contribution in [0.1, 0.15) is 10.4 Å². The molecule has 2 aromatic rings. The molecule has 9 heteroatoms. The molecule has 27 heavy (non-hydrogen) atoms. The van der Waals surface area contributed by atoms with E-state index in [0.29, 0.717) is 17.0 Å². The Bertz CT molecular complexity index is 931. The van der Waals surface area contributed by atoms with Crippen molar-refractivity contribution < 1.29 is 18.0 Å². The van der Waals surface area contributed by atoms with E-state index in [0.717, 1.165) is 0 Å². The largest absolute Gasteiger partial charge is 0.355 e. The van der Waals surface area contributed by atoms with E-state index in [-0.39, 0.29) is 16.7 Å². The van der Waals surface area contributed by atoms with Gasteiger partial charge in [-0.2, -0.15) is 4.31 Å².